The van der Waals surface area contributed by atoms with Gasteiger partial charge in [-0.2, -0.15) is 0 Å². The minimum atomic E-state index is 0.334. The zero-order valence-electron chi connectivity index (χ0n) is 8.82. The average molecular weight is 257 g/mol. The van der Waals surface area contributed by atoms with Gasteiger partial charge in [0.1, 0.15) is 0 Å². The fourth-order valence-electron chi connectivity index (χ4n) is 1.70. The summed E-state index contributed by atoms with van der Waals surface area (Å²) in [6, 6.07) is 5.41. The maximum atomic E-state index is 10.9. The van der Waals surface area contributed by atoms with Gasteiger partial charge in [-0.05, 0) is 31.0 Å². The molecule has 0 bridgehead atoms. The van der Waals surface area contributed by atoms with Crippen LogP contribution < -0.4 is 0 Å². The maximum absolute atomic E-state index is 10.9. The lowest BCUT2D eigenvalue weighted by atomic mass is 10.2. The van der Waals surface area contributed by atoms with E-state index in [9.17, 15) is 4.79 Å². The number of carbonyl (C=O) groups excluding carboxylic acids is 1. The number of rotatable bonds is 4. The summed E-state index contributed by atoms with van der Waals surface area (Å²) in [5.41, 5.74) is 0.662. The molecule has 16 heavy (non-hydrogen) atoms. The molecule has 0 N–H and O–H groups in total. The zero-order chi connectivity index (χ0) is 11.4. The van der Waals surface area contributed by atoms with Crippen LogP contribution in [0.3, 0.4) is 0 Å². The van der Waals surface area contributed by atoms with Gasteiger partial charge in [-0.3, -0.25) is 4.79 Å². The lowest BCUT2D eigenvalue weighted by molar-refractivity contribution is 0.112. The van der Waals surface area contributed by atoms with Crippen LogP contribution in [-0.2, 0) is 4.74 Å². The molecular formula is C12H13ClO2S. The number of ether oxygens (including phenoxy) is 1. The zero-order valence-corrected chi connectivity index (χ0v) is 10.4. The molecule has 0 spiro atoms. The van der Waals surface area contributed by atoms with Crippen LogP contribution in [0.2, 0.25) is 5.02 Å². The second-order valence-electron chi connectivity index (χ2n) is 3.75. The van der Waals surface area contributed by atoms with Gasteiger partial charge in [-0.25, -0.2) is 0 Å². The summed E-state index contributed by atoms with van der Waals surface area (Å²) in [5, 5.41) is 0.601. The number of hydrogen-bond donors (Lipinski definition) is 0. The molecular weight excluding hydrogens is 244 g/mol. The van der Waals surface area contributed by atoms with E-state index in [4.69, 9.17) is 16.3 Å². The van der Waals surface area contributed by atoms with Crippen LogP contribution >= 0.6 is 23.4 Å². The SMILES string of the molecule is O=Cc1cc(Cl)ccc1SCC1CCCO1. The Morgan fingerprint density at radius 3 is 3.12 bits per heavy atom. The van der Waals surface area contributed by atoms with Gasteiger partial charge in [0.15, 0.2) is 6.29 Å². The topological polar surface area (TPSA) is 26.3 Å². The van der Waals surface area contributed by atoms with Crippen molar-refractivity contribution < 1.29 is 9.53 Å². The van der Waals surface area contributed by atoms with Crippen molar-refractivity contribution in [3.05, 3.63) is 28.8 Å². The Morgan fingerprint density at radius 1 is 1.56 bits per heavy atom. The monoisotopic (exact) mass is 256 g/mol. The average Bonchev–Trinajstić information content (AvgIpc) is 2.80. The molecule has 86 valence electrons. The van der Waals surface area contributed by atoms with Gasteiger partial charge >= 0.3 is 0 Å². The molecule has 1 atom stereocenters. The van der Waals surface area contributed by atoms with Crippen molar-refractivity contribution in [3.8, 4) is 0 Å². The Bertz CT molecular complexity index is 375. The lowest BCUT2D eigenvalue weighted by Gasteiger charge is -2.09. The van der Waals surface area contributed by atoms with Gasteiger partial charge in [0.25, 0.3) is 0 Å². The number of hydrogen-bond acceptors (Lipinski definition) is 3. The first-order valence-corrected chi connectivity index (χ1v) is 6.65. The Labute approximate surface area is 104 Å². The molecule has 1 fully saturated rings. The van der Waals surface area contributed by atoms with Crippen LogP contribution in [0.4, 0.5) is 0 Å². The molecule has 0 radical (unpaired) electrons. The van der Waals surface area contributed by atoms with Crippen molar-refractivity contribution in [2.75, 3.05) is 12.4 Å². The van der Waals surface area contributed by atoms with Gasteiger partial charge in [0.2, 0.25) is 0 Å². The van der Waals surface area contributed by atoms with Crippen LogP contribution in [0.25, 0.3) is 0 Å². The molecule has 1 saturated heterocycles. The summed E-state index contributed by atoms with van der Waals surface area (Å²) < 4.78 is 5.54. The largest absolute Gasteiger partial charge is 0.377 e. The minimum Gasteiger partial charge on any atom is -0.377 e. The first-order valence-electron chi connectivity index (χ1n) is 5.29. The second kappa shape index (κ2) is 5.71. The summed E-state index contributed by atoms with van der Waals surface area (Å²) in [7, 11) is 0. The van der Waals surface area contributed by atoms with Crippen LogP contribution in [0.1, 0.15) is 23.2 Å². The molecule has 4 heteroatoms. The summed E-state index contributed by atoms with van der Waals surface area (Å²) >= 11 is 7.49. The Kier molecular flexibility index (Phi) is 4.27. The fourth-order valence-corrected chi connectivity index (χ4v) is 2.95. The Morgan fingerprint density at radius 2 is 2.44 bits per heavy atom. The number of carbonyl (C=O) groups is 1. The molecule has 1 heterocycles. The first kappa shape index (κ1) is 12.0. The third kappa shape index (κ3) is 3.00. The molecule has 1 unspecified atom stereocenters. The van der Waals surface area contributed by atoms with Crippen molar-refractivity contribution in [1.82, 2.24) is 0 Å². The normalized spacial score (nSPS) is 19.9. The highest BCUT2D eigenvalue weighted by atomic mass is 35.5. The number of aldehydes is 1. The van der Waals surface area contributed by atoms with Gasteiger partial charge in [0, 0.05) is 27.8 Å². The van der Waals surface area contributed by atoms with Crippen molar-refractivity contribution in [2.45, 2.75) is 23.8 Å². The van der Waals surface area contributed by atoms with Crippen LogP contribution in [0.5, 0.6) is 0 Å². The van der Waals surface area contributed by atoms with E-state index in [1.807, 2.05) is 12.1 Å². The van der Waals surface area contributed by atoms with E-state index in [0.29, 0.717) is 16.7 Å². The third-order valence-corrected chi connectivity index (χ3v) is 4.00. The molecule has 1 aromatic rings. The molecule has 2 rings (SSSR count). The molecule has 1 aromatic carbocycles. The van der Waals surface area contributed by atoms with Crippen LogP contribution in [0, 0.1) is 0 Å². The van der Waals surface area contributed by atoms with Crippen molar-refractivity contribution in [3.63, 3.8) is 0 Å². The van der Waals surface area contributed by atoms with E-state index in [0.717, 1.165) is 36.4 Å². The van der Waals surface area contributed by atoms with Crippen molar-refractivity contribution in [1.29, 1.82) is 0 Å². The van der Waals surface area contributed by atoms with Crippen molar-refractivity contribution >= 4 is 29.6 Å². The van der Waals surface area contributed by atoms with Gasteiger partial charge in [-0.1, -0.05) is 11.6 Å². The second-order valence-corrected chi connectivity index (χ2v) is 5.24. The summed E-state index contributed by atoms with van der Waals surface area (Å²) in [6.45, 7) is 0.867. The Balaban J connectivity index is 1.99. The molecule has 0 saturated carbocycles. The standard InChI is InChI=1S/C12H13ClO2S/c13-10-3-4-12(9(6-10)7-14)16-8-11-2-1-5-15-11/h3-4,6-7,11H,1-2,5,8H2. The predicted molar refractivity (Wildman–Crippen MR) is 66.5 cm³/mol. The lowest BCUT2D eigenvalue weighted by Crippen LogP contribution is -2.07. The van der Waals surface area contributed by atoms with Crippen molar-refractivity contribution in [2.24, 2.45) is 0 Å². The molecule has 0 aromatic heterocycles. The minimum absolute atomic E-state index is 0.334. The fraction of sp³-hybridized carbons (Fsp3) is 0.417. The summed E-state index contributed by atoms with van der Waals surface area (Å²) in [4.78, 5) is 11.9. The van der Waals surface area contributed by atoms with E-state index in [2.05, 4.69) is 0 Å². The van der Waals surface area contributed by atoms with Gasteiger partial charge in [-0.15, -0.1) is 11.8 Å². The number of benzene rings is 1. The molecule has 0 aliphatic carbocycles. The molecule has 2 nitrogen and oxygen atoms in total. The molecule has 1 aliphatic rings. The molecule has 0 amide bonds. The van der Waals surface area contributed by atoms with Crippen LogP contribution in [-0.4, -0.2) is 24.7 Å². The number of halogens is 1. The van der Waals surface area contributed by atoms with Crippen LogP contribution in [0.15, 0.2) is 23.1 Å². The third-order valence-electron chi connectivity index (χ3n) is 2.55. The van der Waals surface area contributed by atoms with Gasteiger partial charge in [0.05, 0.1) is 6.10 Å². The highest BCUT2D eigenvalue weighted by Crippen LogP contribution is 2.27. The quantitative estimate of drug-likeness (QED) is 0.610. The van der Waals surface area contributed by atoms with E-state index in [-0.39, 0.29) is 0 Å². The first-order chi connectivity index (χ1) is 7.79. The number of thioether (sulfide) groups is 1. The highest BCUT2D eigenvalue weighted by Gasteiger charge is 2.16. The van der Waals surface area contributed by atoms with Gasteiger partial charge < -0.3 is 4.74 Å². The van der Waals surface area contributed by atoms with E-state index >= 15 is 0 Å². The Hall–Kier alpha value is -0.510. The smallest absolute Gasteiger partial charge is 0.151 e. The van der Waals surface area contributed by atoms with E-state index in [1.165, 1.54) is 0 Å². The maximum Gasteiger partial charge on any atom is 0.151 e. The molecule has 1 aliphatic heterocycles. The summed E-state index contributed by atoms with van der Waals surface area (Å²) in [5.74, 6) is 0.905. The highest BCUT2D eigenvalue weighted by molar-refractivity contribution is 7.99. The summed E-state index contributed by atoms with van der Waals surface area (Å²) in [6.07, 6.45) is 3.45. The van der Waals surface area contributed by atoms with E-state index in [1.54, 1.807) is 17.8 Å². The predicted octanol–water partition coefficient (Wildman–Crippen LogP) is 3.42. The van der Waals surface area contributed by atoms with E-state index < -0.39 is 0 Å².